The molecule has 0 saturated carbocycles. The maximum atomic E-state index is 4.37. The van der Waals surface area contributed by atoms with Crippen molar-refractivity contribution in [3.63, 3.8) is 0 Å². The average Bonchev–Trinajstić information content (AvgIpc) is 2.99. The molecule has 0 aliphatic rings. The molecule has 0 unspecified atom stereocenters. The van der Waals surface area contributed by atoms with Crippen LogP contribution in [-0.2, 0) is 6.42 Å². The molecule has 0 aliphatic heterocycles. The zero-order valence-corrected chi connectivity index (χ0v) is 14.9. The Bertz CT molecular complexity index is 608. The van der Waals surface area contributed by atoms with Gasteiger partial charge < -0.3 is 15.5 Å². The summed E-state index contributed by atoms with van der Waals surface area (Å²) in [5.41, 5.74) is 1.22. The molecule has 1 aromatic carbocycles. The molecule has 0 bridgehead atoms. The zero-order chi connectivity index (χ0) is 16.5. The average molecular weight is 331 g/mol. The lowest BCUT2D eigenvalue weighted by atomic mass is 10.3. The molecule has 124 valence electrons. The molecule has 0 saturated heterocycles. The summed E-state index contributed by atoms with van der Waals surface area (Å²) < 4.78 is 0. The van der Waals surface area contributed by atoms with E-state index in [4.69, 9.17) is 0 Å². The van der Waals surface area contributed by atoms with E-state index in [0.29, 0.717) is 0 Å². The Balaban J connectivity index is 1.67. The van der Waals surface area contributed by atoms with Gasteiger partial charge in [0.25, 0.3) is 0 Å². The lowest BCUT2D eigenvalue weighted by molar-refractivity contribution is 0.769. The smallest absolute Gasteiger partial charge is 0.191 e. The van der Waals surface area contributed by atoms with Crippen molar-refractivity contribution < 1.29 is 0 Å². The lowest BCUT2D eigenvalue weighted by Crippen LogP contribution is -2.41. The number of anilines is 1. The molecule has 1 heterocycles. The van der Waals surface area contributed by atoms with Gasteiger partial charge in [-0.3, -0.25) is 4.99 Å². The third kappa shape index (κ3) is 5.90. The molecule has 0 radical (unpaired) electrons. The minimum absolute atomic E-state index is 0.833. The second-order valence-electron chi connectivity index (χ2n) is 5.30. The molecule has 5 nitrogen and oxygen atoms in total. The molecule has 0 spiro atoms. The minimum atomic E-state index is 0.833. The first kappa shape index (κ1) is 17.3. The first-order valence-corrected chi connectivity index (χ1v) is 8.62. The molecule has 2 N–H and O–H groups in total. The highest BCUT2D eigenvalue weighted by atomic mass is 32.1. The molecule has 2 aromatic rings. The number of likely N-dealkylation sites (N-methyl/N-ethyl adjacent to an activating group) is 1. The van der Waals surface area contributed by atoms with Crippen LogP contribution in [0.15, 0.2) is 41.5 Å². The quantitative estimate of drug-likeness (QED) is 0.604. The van der Waals surface area contributed by atoms with Gasteiger partial charge in [-0.25, -0.2) is 4.98 Å². The molecular formula is C17H25N5S. The molecule has 0 aliphatic carbocycles. The summed E-state index contributed by atoms with van der Waals surface area (Å²) in [4.78, 5) is 12.1. The van der Waals surface area contributed by atoms with Gasteiger partial charge >= 0.3 is 0 Å². The number of aryl methyl sites for hydroxylation is 1. The molecule has 0 amide bonds. The molecule has 23 heavy (non-hydrogen) atoms. The molecule has 0 fully saturated rings. The SMILES string of the molecule is CN=C(NCCc1ncc(C)s1)NCCN(C)c1ccccc1. The molecule has 2 rings (SSSR count). The van der Waals surface area contributed by atoms with Crippen molar-refractivity contribution in [3.8, 4) is 0 Å². The summed E-state index contributed by atoms with van der Waals surface area (Å²) in [5.74, 6) is 0.833. The van der Waals surface area contributed by atoms with E-state index in [0.717, 1.165) is 37.0 Å². The first-order valence-electron chi connectivity index (χ1n) is 7.81. The second-order valence-corrected chi connectivity index (χ2v) is 6.62. The number of rotatable bonds is 7. The number of guanidine groups is 1. The molecule has 1 aromatic heterocycles. The summed E-state index contributed by atoms with van der Waals surface area (Å²) >= 11 is 1.75. The van der Waals surface area contributed by atoms with Crippen molar-refractivity contribution in [1.82, 2.24) is 15.6 Å². The monoisotopic (exact) mass is 331 g/mol. The third-order valence-corrected chi connectivity index (χ3v) is 4.43. The topological polar surface area (TPSA) is 52.6 Å². The van der Waals surface area contributed by atoms with Crippen LogP contribution < -0.4 is 15.5 Å². The van der Waals surface area contributed by atoms with E-state index < -0.39 is 0 Å². The Morgan fingerprint density at radius 3 is 2.61 bits per heavy atom. The van der Waals surface area contributed by atoms with E-state index >= 15 is 0 Å². The minimum Gasteiger partial charge on any atom is -0.373 e. The fourth-order valence-corrected chi connectivity index (χ4v) is 2.97. The number of thiazole rings is 1. The predicted octanol–water partition coefficient (Wildman–Crippen LogP) is 2.30. The van der Waals surface area contributed by atoms with E-state index in [2.05, 4.69) is 63.7 Å². The predicted molar refractivity (Wildman–Crippen MR) is 99.6 cm³/mol. The van der Waals surface area contributed by atoms with Gasteiger partial charge in [0, 0.05) is 56.9 Å². The van der Waals surface area contributed by atoms with E-state index in [1.54, 1.807) is 18.4 Å². The highest BCUT2D eigenvalue weighted by Gasteiger charge is 2.02. The van der Waals surface area contributed by atoms with Gasteiger partial charge in [0.2, 0.25) is 0 Å². The molecular weight excluding hydrogens is 306 g/mol. The van der Waals surface area contributed by atoms with E-state index in [1.807, 2.05) is 12.3 Å². The first-order chi connectivity index (χ1) is 11.2. The third-order valence-electron chi connectivity index (χ3n) is 3.46. The second kappa shape index (κ2) is 9.15. The van der Waals surface area contributed by atoms with Crippen LogP contribution in [0.2, 0.25) is 0 Å². The van der Waals surface area contributed by atoms with Crippen LogP contribution in [0.1, 0.15) is 9.88 Å². The normalized spacial score (nSPS) is 11.3. The van der Waals surface area contributed by atoms with Crippen molar-refractivity contribution in [2.24, 2.45) is 4.99 Å². The van der Waals surface area contributed by atoms with Crippen LogP contribution in [0.3, 0.4) is 0 Å². The Morgan fingerprint density at radius 1 is 1.22 bits per heavy atom. The summed E-state index contributed by atoms with van der Waals surface area (Å²) in [6.07, 6.45) is 2.84. The maximum absolute atomic E-state index is 4.37. The van der Waals surface area contributed by atoms with Crippen LogP contribution in [0.4, 0.5) is 5.69 Å². The number of hydrogen-bond donors (Lipinski definition) is 2. The fourth-order valence-electron chi connectivity index (χ4n) is 2.18. The van der Waals surface area contributed by atoms with Gasteiger partial charge in [0.15, 0.2) is 5.96 Å². The fraction of sp³-hybridized carbons (Fsp3) is 0.412. The summed E-state index contributed by atoms with van der Waals surface area (Å²) in [6, 6.07) is 10.4. The zero-order valence-electron chi connectivity index (χ0n) is 14.0. The van der Waals surface area contributed by atoms with Crippen LogP contribution in [0, 0.1) is 6.92 Å². The molecule has 6 heteroatoms. The van der Waals surface area contributed by atoms with E-state index in [-0.39, 0.29) is 0 Å². The van der Waals surface area contributed by atoms with Gasteiger partial charge in [0.05, 0.1) is 5.01 Å². The number of nitrogens with one attached hydrogen (secondary N) is 2. The van der Waals surface area contributed by atoms with E-state index in [1.165, 1.54) is 10.6 Å². The summed E-state index contributed by atoms with van der Waals surface area (Å²) in [7, 11) is 3.89. The maximum Gasteiger partial charge on any atom is 0.191 e. The van der Waals surface area contributed by atoms with Crippen molar-refractivity contribution in [2.75, 3.05) is 38.6 Å². The highest BCUT2D eigenvalue weighted by molar-refractivity contribution is 7.11. The number of aliphatic imine (C=N–C) groups is 1. The molecule has 0 atom stereocenters. The summed E-state index contributed by atoms with van der Waals surface area (Å²) in [5, 5.41) is 7.83. The van der Waals surface area contributed by atoms with Gasteiger partial charge in [-0.05, 0) is 19.1 Å². The number of nitrogens with zero attached hydrogens (tertiary/aromatic N) is 3. The van der Waals surface area contributed by atoms with Gasteiger partial charge in [-0.1, -0.05) is 18.2 Å². The van der Waals surface area contributed by atoms with Gasteiger partial charge in [-0.2, -0.15) is 0 Å². The van der Waals surface area contributed by atoms with Crippen molar-refractivity contribution in [3.05, 3.63) is 46.4 Å². The van der Waals surface area contributed by atoms with Crippen LogP contribution >= 0.6 is 11.3 Å². The Kier molecular flexibility index (Phi) is 6.87. The Hall–Kier alpha value is -2.08. The number of benzene rings is 1. The number of hydrogen-bond acceptors (Lipinski definition) is 4. The van der Waals surface area contributed by atoms with Crippen molar-refractivity contribution >= 4 is 23.0 Å². The van der Waals surface area contributed by atoms with Crippen molar-refractivity contribution in [2.45, 2.75) is 13.3 Å². The largest absolute Gasteiger partial charge is 0.373 e. The Labute approximate surface area is 142 Å². The highest BCUT2D eigenvalue weighted by Crippen LogP contribution is 2.11. The van der Waals surface area contributed by atoms with Crippen molar-refractivity contribution in [1.29, 1.82) is 0 Å². The number of aromatic nitrogens is 1. The van der Waals surface area contributed by atoms with Gasteiger partial charge in [0.1, 0.15) is 0 Å². The summed E-state index contributed by atoms with van der Waals surface area (Å²) in [6.45, 7) is 4.66. The van der Waals surface area contributed by atoms with Crippen LogP contribution in [0.5, 0.6) is 0 Å². The Morgan fingerprint density at radius 2 is 1.96 bits per heavy atom. The van der Waals surface area contributed by atoms with Gasteiger partial charge in [-0.15, -0.1) is 11.3 Å². The standard InChI is InChI=1S/C17H25N5S/c1-14-13-21-16(23-14)9-10-19-17(18-2)20-11-12-22(3)15-7-5-4-6-8-15/h4-8,13H,9-12H2,1-3H3,(H2,18,19,20). The van der Waals surface area contributed by atoms with E-state index in [9.17, 15) is 0 Å². The van der Waals surface area contributed by atoms with Crippen LogP contribution in [-0.4, -0.2) is 44.7 Å². The van der Waals surface area contributed by atoms with Crippen LogP contribution in [0.25, 0.3) is 0 Å². The number of para-hydroxylation sites is 1. The lowest BCUT2D eigenvalue weighted by Gasteiger charge is -2.20.